The molecule has 1 amide bonds. The molecule has 1 aromatic heterocycles. The lowest BCUT2D eigenvalue weighted by molar-refractivity contribution is -0.139. The lowest BCUT2D eigenvalue weighted by Gasteiger charge is -2.27. The van der Waals surface area contributed by atoms with Crippen molar-refractivity contribution in [3.05, 3.63) is 33.3 Å². The van der Waals surface area contributed by atoms with Gasteiger partial charge in [0.15, 0.2) is 6.04 Å². The maximum Gasteiger partial charge on any atom is 0.413 e. The van der Waals surface area contributed by atoms with Crippen molar-refractivity contribution in [3.63, 3.8) is 0 Å². The zero-order valence-corrected chi connectivity index (χ0v) is 9.79. The van der Waals surface area contributed by atoms with Gasteiger partial charge in [-0.3, -0.25) is 4.79 Å². The van der Waals surface area contributed by atoms with Crippen LogP contribution in [-0.2, 0) is 4.79 Å². The van der Waals surface area contributed by atoms with Gasteiger partial charge >= 0.3 is 12.1 Å². The molecule has 9 heteroatoms. The van der Waals surface area contributed by atoms with Crippen molar-refractivity contribution >= 4 is 29.4 Å². The third-order valence-electron chi connectivity index (χ3n) is 2.44. The van der Waals surface area contributed by atoms with Crippen LogP contribution in [-0.4, -0.2) is 23.1 Å². The molecular weight excluding hydrogens is 287 g/mol. The van der Waals surface area contributed by atoms with Gasteiger partial charge in [-0.2, -0.15) is 13.2 Å². The van der Waals surface area contributed by atoms with Crippen molar-refractivity contribution in [2.45, 2.75) is 12.2 Å². The summed E-state index contributed by atoms with van der Waals surface area (Å²) in [6, 6.07) is -0.999. The fourth-order valence-electron chi connectivity index (χ4n) is 1.65. The number of aromatic nitrogens is 1. The number of amides is 1. The number of fused-ring (bicyclic) bond motifs is 1. The number of carbonyl (C=O) groups is 1. The summed E-state index contributed by atoms with van der Waals surface area (Å²) in [6.45, 7) is 0. The molecule has 0 saturated heterocycles. The quantitative estimate of drug-likeness (QED) is 0.808. The molecule has 1 N–H and O–H groups in total. The number of nitrogens with zero attached hydrogens (tertiary/aromatic N) is 2. The van der Waals surface area contributed by atoms with Crippen molar-refractivity contribution in [3.8, 4) is 0 Å². The van der Waals surface area contributed by atoms with Crippen LogP contribution in [0, 0.1) is 4.91 Å². The Hall–Kier alpha value is -1.96. The highest BCUT2D eigenvalue weighted by molar-refractivity contribution is 6.30. The van der Waals surface area contributed by atoms with E-state index in [2.05, 4.69) is 4.98 Å². The third-order valence-corrected chi connectivity index (χ3v) is 2.65. The highest BCUT2D eigenvalue weighted by Crippen LogP contribution is 2.35. The first-order chi connectivity index (χ1) is 8.82. The van der Waals surface area contributed by atoms with E-state index in [1.807, 2.05) is 10.5 Å². The molecule has 0 radical (unpaired) electrons. The number of nitroso groups, excluding NO2 is 1. The highest BCUT2D eigenvalue weighted by Gasteiger charge is 2.46. The molecule has 0 spiro atoms. The molecule has 0 bridgehead atoms. The van der Waals surface area contributed by atoms with Crippen LogP contribution in [0.25, 0.3) is 6.08 Å². The van der Waals surface area contributed by atoms with Crippen molar-refractivity contribution in [2.24, 2.45) is 5.18 Å². The molecule has 100 valence electrons. The fourth-order valence-corrected chi connectivity index (χ4v) is 1.81. The van der Waals surface area contributed by atoms with Crippen LogP contribution in [0.3, 0.4) is 0 Å². The molecule has 1 aromatic rings. The summed E-state index contributed by atoms with van der Waals surface area (Å²) in [6.07, 6.45) is -2.68. The minimum absolute atomic E-state index is 0.0748. The number of hydrogen-bond acceptors (Lipinski definition) is 4. The van der Waals surface area contributed by atoms with E-state index in [1.54, 1.807) is 0 Å². The van der Waals surface area contributed by atoms with E-state index in [1.165, 1.54) is 12.3 Å². The van der Waals surface area contributed by atoms with Crippen LogP contribution in [0.4, 0.5) is 19.0 Å². The average molecular weight is 292 g/mol. The molecule has 1 aliphatic heterocycles. The summed E-state index contributed by atoms with van der Waals surface area (Å²) in [5.41, 5.74) is -0.612. The predicted octanol–water partition coefficient (Wildman–Crippen LogP) is 2.77. The van der Waals surface area contributed by atoms with Gasteiger partial charge in [-0.15, -0.1) is 4.91 Å². The van der Waals surface area contributed by atoms with Gasteiger partial charge in [0.1, 0.15) is 5.82 Å². The maximum atomic E-state index is 12.8. The number of carbonyl (C=O) groups excluding carboxylic acids is 1. The topological polar surface area (TPSA) is 71.4 Å². The number of halogens is 4. The van der Waals surface area contributed by atoms with Crippen molar-refractivity contribution in [2.75, 3.05) is 5.32 Å². The second kappa shape index (κ2) is 4.61. The molecule has 0 aliphatic carbocycles. The Morgan fingerprint density at radius 3 is 2.74 bits per heavy atom. The standard InChI is InChI=1S/C10H5ClF3N3O2/c11-5-1-4-2-6(9(18)17-19)7(10(12,13)14)16-8(4)15-3-5/h1-3,7H,(H,15,16). The van der Waals surface area contributed by atoms with E-state index in [4.69, 9.17) is 11.6 Å². The zero-order chi connectivity index (χ0) is 14.2. The predicted molar refractivity (Wildman–Crippen MR) is 61.5 cm³/mol. The summed E-state index contributed by atoms with van der Waals surface area (Å²) in [7, 11) is 0. The molecule has 5 nitrogen and oxygen atoms in total. The number of pyridine rings is 1. The van der Waals surface area contributed by atoms with Crippen molar-refractivity contribution < 1.29 is 18.0 Å². The van der Waals surface area contributed by atoms with Gasteiger partial charge in [0, 0.05) is 16.9 Å². The first kappa shape index (κ1) is 13.5. The van der Waals surface area contributed by atoms with E-state index >= 15 is 0 Å². The molecule has 1 unspecified atom stereocenters. The van der Waals surface area contributed by atoms with Crippen LogP contribution < -0.4 is 5.32 Å². The lowest BCUT2D eigenvalue weighted by atomic mass is 9.99. The number of rotatable bonds is 1. The Balaban J connectivity index is 2.55. The molecule has 2 heterocycles. The molecule has 1 atom stereocenters. The van der Waals surface area contributed by atoms with Crippen LogP contribution in [0.2, 0.25) is 5.02 Å². The Morgan fingerprint density at radius 2 is 2.16 bits per heavy atom. The molecule has 0 fully saturated rings. The molecule has 19 heavy (non-hydrogen) atoms. The van der Waals surface area contributed by atoms with E-state index in [0.29, 0.717) is 0 Å². The van der Waals surface area contributed by atoms with Gasteiger partial charge in [0.05, 0.1) is 10.6 Å². The number of hydrogen-bond donors (Lipinski definition) is 1. The molecular formula is C10H5ClF3N3O2. The van der Waals surface area contributed by atoms with Gasteiger partial charge in [0.25, 0.3) is 0 Å². The van der Waals surface area contributed by atoms with E-state index in [-0.39, 0.29) is 16.4 Å². The maximum absolute atomic E-state index is 12.8. The summed E-state index contributed by atoms with van der Waals surface area (Å²) >= 11 is 5.65. The second-order valence-corrected chi connectivity index (χ2v) is 4.14. The first-order valence-corrected chi connectivity index (χ1v) is 5.29. The van der Waals surface area contributed by atoms with Gasteiger partial charge in [-0.1, -0.05) is 11.6 Å². The SMILES string of the molecule is O=NC(=O)C1=Cc2cc(Cl)cnc2NC1C(F)(F)F. The second-order valence-electron chi connectivity index (χ2n) is 3.71. The van der Waals surface area contributed by atoms with Crippen LogP contribution in [0.5, 0.6) is 0 Å². The van der Waals surface area contributed by atoms with Gasteiger partial charge in [-0.25, -0.2) is 4.98 Å². The summed E-state index contributed by atoms with van der Waals surface area (Å²) in [4.78, 5) is 25.1. The van der Waals surface area contributed by atoms with Gasteiger partial charge in [0.2, 0.25) is 0 Å². The number of nitrogens with one attached hydrogen (secondary N) is 1. The summed E-state index contributed by atoms with van der Waals surface area (Å²) in [5, 5.41) is 4.26. The lowest BCUT2D eigenvalue weighted by Crippen LogP contribution is -2.41. The molecule has 1 aliphatic rings. The normalized spacial score (nSPS) is 18.1. The van der Waals surface area contributed by atoms with E-state index < -0.39 is 23.7 Å². The average Bonchev–Trinajstić information content (AvgIpc) is 2.35. The monoisotopic (exact) mass is 291 g/mol. The van der Waals surface area contributed by atoms with Crippen LogP contribution in [0.1, 0.15) is 5.56 Å². The van der Waals surface area contributed by atoms with Gasteiger partial charge < -0.3 is 5.32 Å². The summed E-state index contributed by atoms with van der Waals surface area (Å²) < 4.78 is 38.4. The molecule has 2 rings (SSSR count). The zero-order valence-electron chi connectivity index (χ0n) is 9.03. The third kappa shape index (κ3) is 2.58. The van der Waals surface area contributed by atoms with Crippen LogP contribution >= 0.6 is 11.6 Å². The Bertz CT molecular complexity index is 586. The Labute approximate surface area is 109 Å². The minimum Gasteiger partial charge on any atom is -0.354 e. The van der Waals surface area contributed by atoms with Crippen molar-refractivity contribution in [1.29, 1.82) is 0 Å². The molecule has 0 aromatic carbocycles. The Kier molecular flexibility index (Phi) is 3.27. The largest absolute Gasteiger partial charge is 0.413 e. The number of alkyl halides is 3. The van der Waals surface area contributed by atoms with Gasteiger partial charge in [-0.05, 0) is 12.1 Å². The van der Waals surface area contributed by atoms with Crippen molar-refractivity contribution in [1.82, 2.24) is 4.98 Å². The first-order valence-electron chi connectivity index (χ1n) is 4.91. The molecule has 0 saturated carbocycles. The highest BCUT2D eigenvalue weighted by atomic mass is 35.5. The fraction of sp³-hybridized carbons (Fsp3) is 0.200. The van der Waals surface area contributed by atoms with E-state index in [0.717, 1.165) is 6.08 Å². The van der Waals surface area contributed by atoms with E-state index in [9.17, 15) is 22.9 Å². The smallest absolute Gasteiger partial charge is 0.354 e. The van der Waals surface area contributed by atoms with Crippen LogP contribution in [0.15, 0.2) is 23.0 Å². The minimum atomic E-state index is -4.76. The number of anilines is 1. The Morgan fingerprint density at radius 1 is 1.47 bits per heavy atom. The summed E-state index contributed by atoms with van der Waals surface area (Å²) in [5.74, 6) is -1.56.